The van der Waals surface area contributed by atoms with Crippen molar-refractivity contribution in [3.63, 3.8) is 0 Å². The van der Waals surface area contributed by atoms with Crippen LogP contribution in [0.25, 0.3) is 44.0 Å². The van der Waals surface area contributed by atoms with E-state index < -0.39 is 10.5 Å². The molecule has 5 aromatic rings. The van der Waals surface area contributed by atoms with E-state index in [1.807, 2.05) is 37.4 Å². The Hall–Kier alpha value is -4.20. The largest absolute Gasteiger partial charge is 0.488 e. The number of H-pyrrole nitrogens is 1. The molecular weight excluding hydrogens is 531 g/mol. The van der Waals surface area contributed by atoms with Gasteiger partial charge in [0.2, 0.25) is 0 Å². The number of hydrogen-bond donors (Lipinski definition) is 1. The zero-order valence-electron chi connectivity index (χ0n) is 22.2. The number of likely N-dealkylation sites (N-methyl/N-ethyl adjacent to an activating group) is 1. The molecule has 1 N–H and O–H groups in total. The van der Waals surface area contributed by atoms with E-state index in [4.69, 9.17) is 6.42 Å². The van der Waals surface area contributed by atoms with Gasteiger partial charge >= 0.3 is 10.5 Å². The number of benzene rings is 2. The lowest BCUT2D eigenvalue weighted by molar-refractivity contribution is 0.146. The Balaban J connectivity index is 1.69. The fourth-order valence-corrected chi connectivity index (χ4v) is 6.09. The van der Waals surface area contributed by atoms with Crippen molar-refractivity contribution in [3.05, 3.63) is 70.1 Å². The molecule has 3 aromatic heterocycles. The summed E-state index contributed by atoms with van der Waals surface area (Å²) in [4.78, 5) is 23.9. The molecule has 1 saturated heterocycles. The van der Waals surface area contributed by atoms with Gasteiger partial charge < -0.3 is 18.6 Å². The maximum absolute atomic E-state index is 14.1. The number of hydrogen-bond acceptors (Lipinski definition) is 6. The molecule has 204 valence electrons. The van der Waals surface area contributed by atoms with Gasteiger partial charge in [-0.25, -0.2) is 0 Å². The van der Waals surface area contributed by atoms with Crippen LogP contribution in [0.4, 0.5) is 3.89 Å². The second-order valence-corrected chi connectivity index (χ2v) is 11.8. The average molecular weight is 559 g/mol. The average Bonchev–Trinajstić information content (AvgIpc) is 3.25. The number of nitrogens with one attached hydrogen (secondary N) is 1. The van der Waals surface area contributed by atoms with Crippen LogP contribution in [0.5, 0.6) is 5.75 Å². The Morgan fingerprint density at radius 1 is 1.18 bits per heavy atom. The van der Waals surface area contributed by atoms with Crippen LogP contribution in [0.15, 0.2) is 53.6 Å². The van der Waals surface area contributed by atoms with Crippen LogP contribution in [0.2, 0.25) is 0 Å². The van der Waals surface area contributed by atoms with E-state index in [1.165, 1.54) is 6.07 Å². The predicted octanol–water partition coefficient (Wildman–Crippen LogP) is 4.96. The molecule has 1 aliphatic heterocycles. The van der Waals surface area contributed by atoms with Crippen LogP contribution in [0.3, 0.4) is 0 Å². The molecule has 1 fully saturated rings. The summed E-state index contributed by atoms with van der Waals surface area (Å²) < 4.78 is 42.2. The van der Waals surface area contributed by atoms with Crippen molar-refractivity contribution < 1.29 is 16.5 Å². The third-order valence-corrected chi connectivity index (χ3v) is 7.79. The van der Waals surface area contributed by atoms with E-state index in [9.17, 15) is 17.1 Å². The molecule has 4 heterocycles. The van der Waals surface area contributed by atoms with E-state index in [1.54, 1.807) is 6.20 Å². The van der Waals surface area contributed by atoms with Gasteiger partial charge in [0.1, 0.15) is 5.65 Å². The monoisotopic (exact) mass is 558 g/mol. The fourth-order valence-electron chi connectivity index (χ4n) is 5.77. The van der Waals surface area contributed by atoms with Crippen LogP contribution in [0, 0.1) is 18.3 Å². The van der Waals surface area contributed by atoms with Crippen molar-refractivity contribution >= 4 is 43.3 Å². The summed E-state index contributed by atoms with van der Waals surface area (Å²) in [6, 6.07) is 11.1. The summed E-state index contributed by atoms with van der Waals surface area (Å²) >= 11 is 0. The molecule has 0 saturated carbocycles. The van der Waals surface area contributed by atoms with Gasteiger partial charge in [0.15, 0.2) is 11.2 Å². The van der Waals surface area contributed by atoms with Crippen LogP contribution in [-0.2, 0) is 16.9 Å². The summed E-state index contributed by atoms with van der Waals surface area (Å²) in [5.74, 6) is 2.69. The van der Waals surface area contributed by atoms with Crippen molar-refractivity contribution in [1.82, 2.24) is 19.4 Å². The molecule has 10 heteroatoms. The van der Waals surface area contributed by atoms with E-state index >= 15 is 0 Å². The minimum atomic E-state index is -5.21. The molecule has 40 heavy (non-hydrogen) atoms. The Morgan fingerprint density at radius 2 is 1.95 bits per heavy atom. The fraction of sp³-hybridized carbons (Fsp3) is 0.267. The van der Waals surface area contributed by atoms with Crippen molar-refractivity contribution in [2.75, 3.05) is 20.1 Å². The number of likely N-dealkylation sites (tertiary alicyclic amines) is 1. The van der Waals surface area contributed by atoms with Gasteiger partial charge in [-0.3, -0.25) is 9.78 Å². The van der Waals surface area contributed by atoms with Gasteiger partial charge in [-0.05, 0) is 60.8 Å². The van der Waals surface area contributed by atoms with Gasteiger partial charge in [-0.1, -0.05) is 29.7 Å². The molecular formula is C30H27FN4O4S. The molecule has 0 bridgehead atoms. The number of halogens is 1. The number of nitrogens with zero attached hydrogens (tertiary/aromatic N) is 3. The second-order valence-electron chi connectivity index (χ2n) is 10.8. The number of fused-ring (bicyclic) bond motifs is 4. The second kappa shape index (κ2) is 9.47. The molecule has 0 radical (unpaired) electrons. The summed E-state index contributed by atoms with van der Waals surface area (Å²) in [5, 5.41) is 2.03. The zero-order chi connectivity index (χ0) is 28.3. The standard InChI is InChI=1S/C30H27FN4O4S/c1-5-18-6-7-23-26(9-18)33-30-28(23)29(36)25-11-19(8-17(2)3)24(12-27(25)35(30)21-15-34(4)16-21)20-10-22(14-32-13-20)39-40(31,37)38/h1,6-7,9-14,17,21,33H,8,15-16H2,2-4H3. The summed E-state index contributed by atoms with van der Waals surface area (Å²) in [6.45, 7) is 5.77. The molecule has 0 amide bonds. The van der Waals surface area contributed by atoms with Crippen LogP contribution < -0.4 is 9.61 Å². The molecule has 0 atom stereocenters. The number of rotatable bonds is 6. The molecule has 8 nitrogen and oxygen atoms in total. The van der Waals surface area contributed by atoms with Crippen molar-refractivity contribution in [2.45, 2.75) is 26.3 Å². The number of aromatic nitrogens is 3. The molecule has 6 rings (SSSR count). The van der Waals surface area contributed by atoms with Crippen LogP contribution >= 0.6 is 0 Å². The van der Waals surface area contributed by atoms with E-state index in [0.717, 1.165) is 58.0 Å². The third-order valence-electron chi connectivity index (χ3n) is 7.40. The van der Waals surface area contributed by atoms with Gasteiger partial charge in [0, 0.05) is 46.7 Å². The highest BCUT2D eigenvalue weighted by molar-refractivity contribution is 7.81. The Bertz CT molecular complexity index is 2030. The number of terminal acetylenes is 1. The summed E-state index contributed by atoms with van der Waals surface area (Å²) in [7, 11) is -3.17. The van der Waals surface area contributed by atoms with Crippen molar-refractivity contribution in [2.24, 2.45) is 5.92 Å². The first-order valence-electron chi connectivity index (χ1n) is 12.9. The minimum Gasteiger partial charge on any atom is -0.357 e. The topological polar surface area (TPSA) is 97.3 Å². The Labute approximate surface area is 230 Å². The highest BCUT2D eigenvalue weighted by Gasteiger charge is 2.29. The smallest absolute Gasteiger partial charge is 0.357 e. The summed E-state index contributed by atoms with van der Waals surface area (Å²) in [6.07, 6.45) is 9.01. The first-order valence-corrected chi connectivity index (χ1v) is 14.2. The maximum Gasteiger partial charge on any atom is 0.488 e. The van der Waals surface area contributed by atoms with Crippen LogP contribution in [0.1, 0.15) is 31.0 Å². The Kier molecular flexibility index (Phi) is 6.16. The molecule has 2 aromatic carbocycles. The van der Waals surface area contributed by atoms with Crippen molar-refractivity contribution in [3.8, 4) is 29.2 Å². The molecule has 0 aliphatic carbocycles. The summed E-state index contributed by atoms with van der Waals surface area (Å²) in [5.41, 5.74) is 5.12. The van der Waals surface area contributed by atoms with Gasteiger partial charge in [0.05, 0.1) is 23.1 Å². The molecule has 1 aliphatic rings. The lowest BCUT2D eigenvalue weighted by Crippen LogP contribution is -2.45. The van der Waals surface area contributed by atoms with Gasteiger partial charge in [-0.2, -0.15) is 8.42 Å². The first kappa shape index (κ1) is 26.0. The lowest BCUT2D eigenvalue weighted by atomic mass is 9.91. The third kappa shape index (κ3) is 4.51. The van der Waals surface area contributed by atoms with Gasteiger partial charge in [0.25, 0.3) is 0 Å². The van der Waals surface area contributed by atoms with E-state index in [0.29, 0.717) is 22.8 Å². The highest BCUT2D eigenvalue weighted by atomic mass is 32.3. The van der Waals surface area contributed by atoms with Crippen molar-refractivity contribution in [1.29, 1.82) is 0 Å². The number of pyridine rings is 2. The lowest BCUT2D eigenvalue weighted by Gasteiger charge is -2.39. The first-order chi connectivity index (χ1) is 19.0. The SMILES string of the molecule is C#Cc1ccc2c(c1)[nH]c1c2c(=O)c2cc(CC(C)C)c(-c3cncc(OS(=O)(=O)F)c3)cc2n1C1CN(C)C1. The minimum absolute atomic E-state index is 0.0797. The van der Waals surface area contributed by atoms with Gasteiger partial charge in [-0.15, -0.1) is 6.42 Å². The normalized spacial score (nSPS) is 14.7. The number of aromatic amines is 1. The Morgan fingerprint density at radius 3 is 2.62 bits per heavy atom. The zero-order valence-corrected chi connectivity index (χ0v) is 23.0. The van der Waals surface area contributed by atoms with E-state index in [-0.39, 0.29) is 23.1 Å². The maximum atomic E-state index is 14.1. The molecule has 0 unspecified atom stereocenters. The predicted molar refractivity (Wildman–Crippen MR) is 154 cm³/mol. The van der Waals surface area contributed by atoms with E-state index in [2.05, 4.69) is 43.4 Å². The van der Waals surface area contributed by atoms with Crippen LogP contribution in [-0.4, -0.2) is 48.0 Å². The quantitative estimate of drug-likeness (QED) is 0.234. The molecule has 0 spiro atoms. The highest BCUT2D eigenvalue weighted by Crippen LogP contribution is 2.36.